The van der Waals surface area contributed by atoms with E-state index in [-0.39, 0.29) is 12.1 Å². The molecule has 0 radical (unpaired) electrons. The number of aromatic nitrogens is 1. The zero-order valence-electron chi connectivity index (χ0n) is 13.2. The molecular formula is C16H28N4. The van der Waals surface area contributed by atoms with Gasteiger partial charge in [-0.05, 0) is 38.6 Å². The minimum Gasteiger partial charge on any atom is -0.326 e. The predicted octanol–water partition coefficient (Wildman–Crippen LogP) is 1.74. The average molecular weight is 276 g/mol. The number of likely N-dealkylation sites (tertiary alicyclic amines) is 1. The number of hydrogen-bond donors (Lipinski definition) is 1. The third kappa shape index (κ3) is 3.19. The van der Waals surface area contributed by atoms with Crippen LogP contribution in [0.25, 0.3) is 0 Å². The summed E-state index contributed by atoms with van der Waals surface area (Å²) in [5.74, 6) is 0.667. The first-order chi connectivity index (χ1) is 9.54. The molecule has 0 aliphatic carbocycles. The van der Waals surface area contributed by atoms with Gasteiger partial charge in [-0.2, -0.15) is 0 Å². The van der Waals surface area contributed by atoms with Gasteiger partial charge in [0.05, 0.1) is 11.7 Å². The lowest BCUT2D eigenvalue weighted by atomic mass is 10.0. The van der Waals surface area contributed by atoms with Crippen LogP contribution in [0.15, 0.2) is 24.4 Å². The van der Waals surface area contributed by atoms with Crippen LogP contribution >= 0.6 is 0 Å². The highest BCUT2D eigenvalue weighted by Gasteiger charge is 2.37. The maximum absolute atomic E-state index is 6.40. The van der Waals surface area contributed by atoms with Gasteiger partial charge in [0, 0.05) is 31.4 Å². The van der Waals surface area contributed by atoms with Gasteiger partial charge in [-0.1, -0.05) is 19.9 Å². The van der Waals surface area contributed by atoms with Crippen molar-refractivity contribution in [2.24, 2.45) is 11.7 Å². The zero-order valence-corrected chi connectivity index (χ0v) is 13.2. The molecule has 2 rings (SSSR count). The van der Waals surface area contributed by atoms with Crippen LogP contribution in [-0.4, -0.2) is 54.1 Å². The molecule has 1 aliphatic heterocycles. The number of nitrogens with two attached hydrogens (primary N) is 1. The highest BCUT2D eigenvalue weighted by molar-refractivity contribution is 5.12. The van der Waals surface area contributed by atoms with Gasteiger partial charge in [-0.3, -0.25) is 9.88 Å². The maximum Gasteiger partial charge on any atom is 0.0674 e. The van der Waals surface area contributed by atoms with Crippen LogP contribution < -0.4 is 5.73 Å². The van der Waals surface area contributed by atoms with Crippen LogP contribution in [-0.2, 0) is 0 Å². The van der Waals surface area contributed by atoms with Gasteiger partial charge in [-0.25, -0.2) is 0 Å². The molecule has 4 nitrogen and oxygen atoms in total. The van der Waals surface area contributed by atoms with Crippen LogP contribution in [0.4, 0.5) is 0 Å². The van der Waals surface area contributed by atoms with Crippen LogP contribution in [0.2, 0.25) is 0 Å². The van der Waals surface area contributed by atoms with E-state index in [4.69, 9.17) is 5.73 Å². The molecule has 1 aromatic rings. The van der Waals surface area contributed by atoms with Gasteiger partial charge in [0.1, 0.15) is 0 Å². The Hall–Kier alpha value is -0.970. The molecule has 4 heteroatoms. The number of likely N-dealkylation sites (N-methyl/N-ethyl adjacent to an activating group) is 1. The third-order valence-corrected chi connectivity index (χ3v) is 4.53. The van der Waals surface area contributed by atoms with Crippen molar-refractivity contribution in [3.63, 3.8) is 0 Å². The molecule has 0 spiro atoms. The minimum absolute atomic E-state index is 0.137. The zero-order chi connectivity index (χ0) is 14.7. The molecule has 1 aliphatic rings. The smallest absolute Gasteiger partial charge is 0.0674 e. The van der Waals surface area contributed by atoms with E-state index in [9.17, 15) is 0 Å². The summed E-state index contributed by atoms with van der Waals surface area (Å²) >= 11 is 0. The fraction of sp³-hybridized carbons (Fsp3) is 0.688. The van der Waals surface area contributed by atoms with Crippen molar-refractivity contribution < 1.29 is 0 Å². The van der Waals surface area contributed by atoms with Crippen molar-refractivity contribution in [3.8, 4) is 0 Å². The summed E-state index contributed by atoms with van der Waals surface area (Å²) in [5.41, 5.74) is 7.51. The van der Waals surface area contributed by atoms with Crippen molar-refractivity contribution in [1.29, 1.82) is 0 Å². The molecule has 1 saturated heterocycles. The van der Waals surface area contributed by atoms with Gasteiger partial charge in [0.15, 0.2) is 0 Å². The molecule has 1 aromatic heterocycles. The Morgan fingerprint density at radius 1 is 1.40 bits per heavy atom. The monoisotopic (exact) mass is 276 g/mol. The summed E-state index contributed by atoms with van der Waals surface area (Å²) in [6.07, 6.45) is 2.84. The molecule has 4 unspecified atom stereocenters. The Balaban J connectivity index is 2.21. The minimum atomic E-state index is 0.137. The van der Waals surface area contributed by atoms with Crippen molar-refractivity contribution in [2.45, 2.75) is 38.4 Å². The molecule has 20 heavy (non-hydrogen) atoms. The van der Waals surface area contributed by atoms with Crippen molar-refractivity contribution in [2.75, 3.05) is 27.2 Å². The predicted molar refractivity (Wildman–Crippen MR) is 83.5 cm³/mol. The Bertz CT molecular complexity index is 406. The van der Waals surface area contributed by atoms with Crippen LogP contribution in [0.1, 0.15) is 32.0 Å². The highest BCUT2D eigenvalue weighted by atomic mass is 15.3. The maximum atomic E-state index is 6.40. The SMILES string of the molecule is CCC(N)C(c1ccccn1)N1CC(C)C(N(C)C)C1. The van der Waals surface area contributed by atoms with E-state index in [0.29, 0.717) is 12.0 Å². The van der Waals surface area contributed by atoms with Gasteiger partial charge in [0.2, 0.25) is 0 Å². The highest BCUT2D eigenvalue weighted by Crippen LogP contribution is 2.31. The summed E-state index contributed by atoms with van der Waals surface area (Å²) in [7, 11) is 4.33. The molecule has 4 atom stereocenters. The van der Waals surface area contributed by atoms with Crippen LogP contribution in [0.5, 0.6) is 0 Å². The van der Waals surface area contributed by atoms with Crippen molar-refractivity contribution in [1.82, 2.24) is 14.8 Å². The Morgan fingerprint density at radius 2 is 2.15 bits per heavy atom. The van der Waals surface area contributed by atoms with E-state index in [0.717, 1.165) is 25.2 Å². The summed E-state index contributed by atoms with van der Waals surface area (Å²) in [4.78, 5) is 9.40. The average Bonchev–Trinajstić information content (AvgIpc) is 2.82. The standard InChI is InChI=1S/C16H28N4/c1-5-13(17)16(14-8-6-7-9-18-14)20-10-12(2)15(11-20)19(3)4/h6-9,12-13,15-16H,5,10-11,17H2,1-4H3. The number of hydrogen-bond acceptors (Lipinski definition) is 4. The number of nitrogens with zero attached hydrogens (tertiary/aromatic N) is 3. The normalized spacial score (nSPS) is 26.9. The largest absolute Gasteiger partial charge is 0.326 e. The van der Waals surface area contributed by atoms with E-state index in [1.54, 1.807) is 0 Å². The fourth-order valence-corrected chi connectivity index (χ4v) is 3.34. The molecular weight excluding hydrogens is 248 g/mol. The van der Waals surface area contributed by atoms with Gasteiger partial charge in [0.25, 0.3) is 0 Å². The molecule has 0 bridgehead atoms. The van der Waals surface area contributed by atoms with E-state index in [1.807, 2.05) is 12.3 Å². The number of pyridine rings is 1. The molecule has 2 heterocycles. The first-order valence-corrected chi connectivity index (χ1v) is 7.61. The third-order valence-electron chi connectivity index (χ3n) is 4.53. The Morgan fingerprint density at radius 3 is 2.65 bits per heavy atom. The van der Waals surface area contributed by atoms with Gasteiger partial charge >= 0.3 is 0 Å². The first kappa shape index (κ1) is 15.4. The van der Waals surface area contributed by atoms with Crippen LogP contribution in [0.3, 0.4) is 0 Å². The number of rotatable bonds is 5. The van der Waals surface area contributed by atoms with Crippen LogP contribution in [0, 0.1) is 5.92 Å². The summed E-state index contributed by atoms with van der Waals surface area (Å²) in [6, 6.07) is 7.10. The van der Waals surface area contributed by atoms with E-state index < -0.39 is 0 Å². The summed E-state index contributed by atoms with van der Waals surface area (Å²) in [5, 5.41) is 0. The van der Waals surface area contributed by atoms with E-state index >= 15 is 0 Å². The second kappa shape index (κ2) is 6.66. The molecule has 2 N–H and O–H groups in total. The Kier molecular flexibility index (Phi) is 5.13. The second-order valence-electron chi connectivity index (χ2n) is 6.23. The lowest BCUT2D eigenvalue weighted by molar-refractivity contribution is 0.186. The van der Waals surface area contributed by atoms with Crippen molar-refractivity contribution in [3.05, 3.63) is 30.1 Å². The lowest BCUT2D eigenvalue weighted by Gasteiger charge is -2.32. The summed E-state index contributed by atoms with van der Waals surface area (Å²) in [6.45, 7) is 6.65. The molecule has 0 amide bonds. The van der Waals surface area contributed by atoms with E-state index in [2.05, 4.69) is 54.9 Å². The fourth-order valence-electron chi connectivity index (χ4n) is 3.34. The van der Waals surface area contributed by atoms with Gasteiger partial charge < -0.3 is 10.6 Å². The van der Waals surface area contributed by atoms with Gasteiger partial charge in [-0.15, -0.1) is 0 Å². The molecule has 1 fully saturated rings. The second-order valence-corrected chi connectivity index (χ2v) is 6.23. The lowest BCUT2D eigenvalue weighted by Crippen LogP contribution is -2.41. The van der Waals surface area contributed by atoms with Crippen molar-refractivity contribution >= 4 is 0 Å². The molecule has 112 valence electrons. The topological polar surface area (TPSA) is 45.4 Å². The first-order valence-electron chi connectivity index (χ1n) is 7.61. The molecule has 0 aromatic carbocycles. The quantitative estimate of drug-likeness (QED) is 0.890. The van der Waals surface area contributed by atoms with E-state index in [1.165, 1.54) is 0 Å². The Labute approximate surface area is 123 Å². The summed E-state index contributed by atoms with van der Waals surface area (Å²) < 4.78 is 0. The molecule has 0 saturated carbocycles.